The van der Waals surface area contributed by atoms with E-state index in [9.17, 15) is 9.59 Å². The molecule has 0 aromatic carbocycles. The van der Waals surface area contributed by atoms with Gasteiger partial charge in [-0.15, -0.1) is 0 Å². The van der Waals surface area contributed by atoms with Gasteiger partial charge in [0.1, 0.15) is 5.78 Å². The summed E-state index contributed by atoms with van der Waals surface area (Å²) >= 11 is 0. The fourth-order valence-electron chi connectivity index (χ4n) is 10.0. The molecule has 5 aliphatic carbocycles. The summed E-state index contributed by atoms with van der Waals surface area (Å²) in [5.74, 6) is 3.11. The molecule has 4 heteroatoms. The summed E-state index contributed by atoms with van der Waals surface area (Å²) in [6.07, 6.45) is 10.6. The number of Topliss-reactive ketones (excluding diaryl/α,β-unsaturated/α-hetero) is 2. The van der Waals surface area contributed by atoms with Gasteiger partial charge in [0, 0.05) is 44.5 Å². The van der Waals surface area contributed by atoms with E-state index in [2.05, 4.69) is 39.5 Å². The van der Waals surface area contributed by atoms with Gasteiger partial charge in [0.25, 0.3) is 0 Å². The normalized spacial score (nSPS) is 47.1. The summed E-state index contributed by atoms with van der Waals surface area (Å²) in [5.41, 5.74) is -0.189. The zero-order chi connectivity index (χ0) is 24.2. The monoisotopic (exact) mass is 537 g/mol. The van der Waals surface area contributed by atoms with Crippen LogP contribution in [0.3, 0.4) is 0 Å². The van der Waals surface area contributed by atoms with Crippen LogP contribution < -0.4 is 0 Å². The minimum absolute atomic E-state index is 0. The van der Waals surface area contributed by atoms with Crippen LogP contribution in [0, 0.1) is 63.2 Å². The van der Waals surface area contributed by atoms with Gasteiger partial charge in [0.05, 0.1) is 6.57 Å². The van der Waals surface area contributed by atoms with E-state index in [4.69, 9.17) is 6.57 Å². The molecule has 5 aliphatic rings. The Balaban J connectivity index is 0.00000274. The molecule has 183 valence electrons. The van der Waals surface area contributed by atoms with E-state index >= 15 is 0 Å². The van der Waals surface area contributed by atoms with Crippen molar-refractivity contribution in [2.75, 3.05) is 0 Å². The van der Waals surface area contributed by atoms with Crippen molar-refractivity contribution in [3.63, 3.8) is 0 Å². The average Bonchev–Trinajstić information content (AvgIpc) is 2.72. The van der Waals surface area contributed by atoms with Crippen molar-refractivity contribution in [1.82, 2.24) is 0 Å². The molecule has 7 atom stereocenters. The molecule has 0 aromatic heterocycles. The van der Waals surface area contributed by atoms with Crippen LogP contribution in [0.1, 0.15) is 99.8 Å². The molecule has 3 unspecified atom stereocenters. The van der Waals surface area contributed by atoms with E-state index in [1.807, 2.05) is 19.9 Å². The van der Waals surface area contributed by atoms with Gasteiger partial charge in [-0.25, -0.2) is 4.85 Å². The first-order chi connectivity index (χ1) is 15.2. The van der Waals surface area contributed by atoms with Crippen molar-refractivity contribution in [3.05, 3.63) is 29.1 Å². The molecule has 0 spiro atoms. The van der Waals surface area contributed by atoms with Crippen LogP contribution in [-0.2, 0) is 42.3 Å². The van der Waals surface area contributed by atoms with Crippen molar-refractivity contribution in [3.8, 4) is 0 Å². The maximum Gasteiger partial charge on any atom is 0.226 e. The number of carbonyl (C=O) groups excluding carboxylic acids is 2. The zero-order valence-electron chi connectivity index (χ0n) is 22.4. The van der Waals surface area contributed by atoms with Crippen LogP contribution in [0.4, 0.5) is 0 Å². The smallest absolute Gasteiger partial charge is 0.226 e. The van der Waals surface area contributed by atoms with Crippen LogP contribution in [-0.4, -0.2) is 11.6 Å². The summed E-state index contributed by atoms with van der Waals surface area (Å²) in [4.78, 5) is 30.9. The van der Waals surface area contributed by atoms with Crippen molar-refractivity contribution in [2.24, 2.45) is 50.7 Å². The maximum atomic E-state index is 14.1. The summed E-state index contributed by atoms with van der Waals surface area (Å²) in [7, 11) is 0. The SMILES string of the molecule is [C-]#[N+]C1=C[C@]2(C)C3CC(=O)C4C5CC(C)(C)CC[C-]5CC[C@@]4(C)[C@]3(C)CC[C@H]2C(C)(C)C1=O.[Y]. The third-order valence-corrected chi connectivity index (χ3v) is 12.0. The largest absolute Gasteiger partial charge is 0.310 e. The van der Waals surface area contributed by atoms with Crippen LogP contribution in [0.15, 0.2) is 11.8 Å². The number of hydrogen-bond donors (Lipinski definition) is 0. The fourth-order valence-corrected chi connectivity index (χ4v) is 10.0. The quantitative estimate of drug-likeness (QED) is 0.306. The molecule has 1 radical (unpaired) electrons. The second-order valence-electron chi connectivity index (χ2n) is 14.3. The van der Waals surface area contributed by atoms with Gasteiger partial charge >= 0.3 is 0 Å². The van der Waals surface area contributed by atoms with E-state index in [1.165, 1.54) is 19.3 Å². The molecule has 0 bridgehead atoms. The number of nitrogens with zero attached hydrogens (tertiary/aromatic N) is 1. The Morgan fingerprint density at radius 3 is 2.24 bits per heavy atom. The summed E-state index contributed by atoms with van der Waals surface area (Å²) in [6.45, 7) is 23.8. The molecule has 0 aromatic rings. The number of allylic oxidation sites excluding steroid dienone is 2. The summed E-state index contributed by atoms with van der Waals surface area (Å²) in [6, 6.07) is 0. The van der Waals surface area contributed by atoms with Gasteiger partial charge in [-0.1, -0.05) is 73.8 Å². The standard InChI is InChI=1S/C30H42NO2.Y/c1-26(2)12-9-18-10-13-30(7)24(19(18)16-26)21(32)15-23-28(5)17-20(31-8)25(33)27(3,4)22(28)11-14-29(23,30)6;/h17,19,22-24H,9-16H2,1-7H3;/q-1;/t19?,22-,23?,24?,28-,29+,30+;/m0./s1. The van der Waals surface area contributed by atoms with Crippen molar-refractivity contribution < 1.29 is 42.3 Å². The Bertz CT molecular complexity index is 988. The average molecular weight is 538 g/mol. The predicted octanol–water partition coefficient (Wildman–Crippen LogP) is 7.22. The van der Waals surface area contributed by atoms with Crippen LogP contribution >= 0.6 is 0 Å². The first kappa shape index (κ1) is 26.7. The first-order valence-electron chi connectivity index (χ1n) is 13.2. The van der Waals surface area contributed by atoms with Gasteiger partial charge in [0.2, 0.25) is 5.70 Å². The van der Waals surface area contributed by atoms with E-state index in [0.717, 1.165) is 25.7 Å². The molecule has 4 fully saturated rings. The van der Waals surface area contributed by atoms with Gasteiger partial charge < -0.3 is 10.7 Å². The summed E-state index contributed by atoms with van der Waals surface area (Å²) < 4.78 is 0. The van der Waals surface area contributed by atoms with Crippen molar-refractivity contribution >= 4 is 11.6 Å². The van der Waals surface area contributed by atoms with Crippen molar-refractivity contribution in [1.29, 1.82) is 0 Å². The first-order valence-corrected chi connectivity index (χ1v) is 13.2. The third-order valence-electron chi connectivity index (χ3n) is 12.0. The number of carbonyl (C=O) groups is 2. The maximum absolute atomic E-state index is 14.1. The molecule has 0 N–H and O–H groups in total. The molecule has 34 heavy (non-hydrogen) atoms. The molecule has 3 nitrogen and oxygen atoms in total. The zero-order valence-corrected chi connectivity index (χ0v) is 25.2. The van der Waals surface area contributed by atoms with Crippen LogP contribution in [0.2, 0.25) is 0 Å². The molecule has 0 saturated heterocycles. The van der Waals surface area contributed by atoms with Gasteiger partial charge in [-0.2, -0.15) is 18.8 Å². The van der Waals surface area contributed by atoms with Gasteiger partial charge in [-0.05, 0) is 52.3 Å². The Kier molecular flexibility index (Phi) is 6.36. The molecular weight excluding hydrogens is 495 g/mol. The van der Waals surface area contributed by atoms with E-state index in [1.54, 1.807) is 5.92 Å². The minimum atomic E-state index is -0.549. The second-order valence-corrected chi connectivity index (χ2v) is 14.3. The number of ketones is 2. The molecule has 4 saturated carbocycles. The number of fused-ring (bicyclic) bond motifs is 7. The third kappa shape index (κ3) is 3.32. The molecular formula is C30H42NO2Y-. The van der Waals surface area contributed by atoms with Crippen molar-refractivity contribution in [2.45, 2.75) is 99.8 Å². The molecule has 5 rings (SSSR count). The number of hydrogen-bond acceptors (Lipinski definition) is 2. The Morgan fingerprint density at radius 1 is 0.941 bits per heavy atom. The van der Waals surface area contributed by atoms with E-state index < -0.39 is 5.41 Å². The predicted molar refractivity (Wildman–Crippen MR) is 131 cm³/mol. The van der Waals surface area contributed by atoms with Crippen LogP contribution in [0.25, 0.3) is 4.85 Å². The van der Waals surface area contributed by atoms with Gasteiger partial charge in [-0.3, -0.25) is 4.79 Å². The van der Waals surface area contributed by atoms with E-state index in [-0.39, 0.29) is 72.5 Å². The molecule has 0 heterocycles. The molecule has 0 aliphatic heterocycles. The number of rotatable bonds is 0. The van der Waals surface area contributed by atoms with Crippen LogP contribution in [0.5, 0.6) is 0 Å². The topological polar surface area (TPSA) is 38.5 Å². The van der Waals surface area contributed by atoms with E-state index in [0.29, 0.717) is 29.2 Å². The minimum Gasteiger partial charge on any atom is -0.310 e. The Morgan fingerprint density at radius 2 is 1.59 bits per heavy atom. The Labute approximate surface area is 232 Å². The van der Waals surface area contributed by atoms with Gasteiger partial charge in [0.15, 0.2) is 5.78 Å². The molecule has 0 amide bonds. The summed E-state index contributed by atoms with van der Waals surface area (Å²) in [5, 5.41) is 0. The Hall–Kier alpha value is -0.326. The fraction of sp³-hybridized carbons (Fsp3) is 0.800. The second kappa shape index (κ2) is 8.09.